The van der Waals surface area contributed by atoms with Crippen LogP contribution in [-0.2, 0) is 19.1 Å². The maximum Gasteiger partial charge on any atom is 0.317 e. The molecule has 1 saturated heterocycles. The normalized spacial score (nSPS) is 21.2. The van der Waals surface area contributed by atoms with E-state index in [0.29, 0.717) is 5.92 Å². The second-order valence-electron chi connectivity index (χ2n) is 3.85. The van der Waals surface area contributed by atoms with Crippen LogP contribution in [0.4, 0.5) is 0 Å². The molecule has 17 heavy (non-hydrogen) atoms. The summed E-state index contributed by atoms with van der Waals surface area (Å²) in [6.45, 7) is 4.36. The predicted octanol–water partition coefficient (Wildman–Crippen LogP) is 0.910. The van der Waals surface area contributed by atoms with E-state index in [0.717, 1.165) is 19.3 Å². The maximum atomic E-state index is 11.2. The molecule has 0 N–H and O–H groups in total. The van der Waals surface area contributed by atoms with Crippen molar-refractivity contribution >= 4 is 82.2 Å². The van der Waals surface area contributed by atoms with Crippen LogP contribution < -0.4 is 0 Å². The minimum atomic E-state index is -0.478. The van der Waals surface area contributed by atoms with Crippen molar-refractivity contribution < 1.29 is 19.1 Å². The molecule has 0 spiro atoms. The summed E-state index contributed by atoms with van der Waals surface area (Å²) in [6.07, 6.45) is 2.46. The molecule has 1 heterocycles. The van der Waals surface area contributed by atoms with Gasteiger partial charge in [0.05, 0.1) is 0 Å². The SMILES string of the molecule is CCCC(CC)C1COC(=O)CC(=O)O1.[K].[Li]. The molecule has 2 unspecified atom stereocenters. The molecule has 0 aromatic heterocycles. The summed E-state index contributed by atoms with van der Waals surface area (Å²) in [6, 6.07) is 0. The molecule has 0 saturated carbocycles. The van der Waals surface area contributed by atoms with E-state index in [1.807, 2.05) is 0 Å². The van der Waals surface area contributed by atoms with Crippen molar-refractivity contribution in [2.24, 2.45) is 5.92 Å². The van der Waals surface area contributed by atoms with Crippen LogP contribution in [-0.4, -0.2) is 94.9 Å². The van der Waals surface area contributed by atoms with Crippen molar-refractivity contribution in [3.05, 3.63) is 0 Å². The largest absolute Gasteiger partial charge is 0.461 e. The summed E-state index contributed by atoms with van der Waals surface area (Å²) in [5.74, 6) is -0.643. The van der Waals surface area contributed by atoms with Crippen molar-refractivity contribution in [2.45, 2.75) is 45.6 Å². The Morgan fingerprint density at radius 3 is 2.47 bits per heavy atom. The van der Waals surface area contributed by atoms with Gasteiger partial charge in [-0.2, -0.15) is 0 Å². The van der Waals surface area contributed by atoms with Crippen LogP contribution in [0.3, 0.4) is 0 Å². The van der Waals surface area contributed by atoms with E-state index in [-0.39, 0.29) is 89.4 Å². The maximum absolute atomic E-state index is 11.2. The van der Waals surface area contributed by atoms with E-state index in [9.17, 15) is 9.59 Å². The summed E-state index contributed by atoms with van der Waals surface area (Å²) in [7, 11) is 0. The third-order valence-electron chi connectivity index (χ3n) is 2.69. The van der Waals surface area contributed by atoms with Gasteiger partial charge in [0.25, 0.3) is 0 Å². The van der Waals surface area contributed by atoms with Crippen LogP contribution in [0.2, 0.25) is 0 Å². The van der Waals surface area contributed by atoms with Gasteiger partial charge in [-0.1, -0.05) is 20.3 Å². The Bertz CT molecular complexity index is 248. The predicted molar refractivity (Wildman–Crippen MR) is 65.7 cm³/mol. The summed E-state index contributed by atoms with van der Waals surface area (Å²) in [5, 5.41) is 0. The van der Waals surface area contributed by atoms with Gasteiger partial charge >= 0.3 is 11.9 Å². The molecule has 4 nitrogen and oxygen atoms in total. The van der Waals surface area contributed by atoms with Gasteiger partial charge in [-0.3, -0.25) is 9.59 Å². The minimum Gasteiger partial charge on any atom is -0.461 e. The standard InChI is InChI=1S/C11H18O4.K.Li/c1-3-5-8(4-2)9-7-14-10(12)6-11(13)15-9;;/h8-9H,3-7H2,1-2H3;;. The number of rotatable bonds is 4. The summed E-state index contributed by atoms with van der Waals surface area (Å²) < 4.78 is 10.1. The monoisotopic (exact) mass is 260 g/mol. The molecule has 0 amide bonds. The van der Waals surface area contributed by atoms with E-state index in [2.05, 4.69) is 13.8 Å². The zero-order valence-electron chi connectivity index (χ0n) is 11.3. The third-order valence-corrected chi connectivity index (χ3v) is 2.69. The molecule has 1 fully saturated rings. The van der Waals surface area contributed by atoms with Gasteiger partial charge in [0.1, 0.15) is 19.1 Å². The van der Waals surface area contributed by atoms with Crippen molar-refractivity contribution in [2.75, 3.05) is 6.61 Å². The molecular formula is C11H18KLiO4. The van der Waals surface area contributed by atoms with Crippen molar-refractivity contribution in [3.8, 4) is 0 Å². The number of esters is 2. The summed E-state index contributed by atoms with van der Waals surface area (Å²) in [4.78, 5) is 22.2. The Labute approximate surface area is 157 Å². The van der Waals surface area contributed by atoms with Crippen molar-refractivity contribution in [3.63, 3.8) is 0 Å². The zero-order chi connectivity index (χ0) is 11.3. The second kappa shape index (κ2) is 11.0. The van der Waals surface area contributed by atoms with E-state index in [4.69, 9.17) is 9.47 Å². The first-order valence-electron chi connectivity index (χ1n) is 5.52. The fourth-order valence-electron chi connectivity index (χ4n) is 1.84. The number of hydrogen-bond acceptors (Lipinski definition) is 4. The first-order chi connectivity index (χ1) is 7.17. The Morgan fingerprint density at radius 1 is 1.29 bits per heavy atom. The molecule has 88 valence electrons. The van der Waals surface area contributed by atoms with Crippen LogP contribution in [0, 0.1) is 5.92 Å². The van der Waals surface area contributed by atoms with Gasteiger partial charge in [-0.15, -0.1) is 0 Å². The number of ether oxygens (including phenoxy) is 2. The first kappa shape index (κ1) is 20.5. The first-order valence-corrected chi connectivity index (χ1v) is 5.52. The van der Waals surface area contributed by atoms with E-state index in [1.165, 1.54) is 0 Å². The Balaban J connectivity index is 0. The number of carbonyl (C=O) groups is 2. The molecule has 2 atom stereocenters. The van der Waals surface area contributed by atoms with Gasteiger partial charge in [-0.05, 0) is 18.8 Å². The second-order valence-corrected chi connectivity index (χ2v) is 3.85. The van der Waals surface area contributed by atoms with E-state index in [1.54, 1.807) is 0 Å². The average Bonchev–Trinajstić information content (AvgIpc) is 2.36. The van der Waals surface area contributed by atoms with Crippen molar-refractivity contribution in [1.29, 1.82) is 0 Å². The number of carbonyl (C=O) groups excluding carboxylic acids is 2. The molecule has 1 aliphatic heterocycles. The molecule has 0 aromatic rings. The third kappa shape index (κ3) is 7.36. The summed E-state index contributed by atoms with van der Waals surface area (Å²) >= 11 is 0. The smallest absolute Gasteiger partial charge is 0.317 e. The molecule has 1 aliphatic rings. The quantitative estimate of drug-likeness (QED) is 0.428. The minimum absolute atomic E-state index is 0. The molecule has 1 rings (SSSR count). The molecule has 6 heteroatoms. The van der Waals surface area contributed by atoms with Crippen molar-refractivity contribution in [1.82, 2.24) is 0 Å². The van der Waals surface area contributed by atoms with Gasteiger partial charge in [0, 0.05) is 70.2 Å². The molecule has 2 radical (unpaired) electrons. The zero-order valence-corrected chi connectivity index (χ0v) is 14.4. The van der Waals surface area contributed by atoms with E-state index >= 15 is 0 Å². The average molecular weight is 260 g/mol. The molecule has 0 aliphatic carbocycles. The van der Waals surface area contributed by atoms with Gasteiger partial charge in [-0.25, -0.2) is 0 Å². The topological polar surface area (TPSA) is 52.6 Å². The van der Waals surface area contributed by atoms with Crippen LogP contribution in [0.5, 0.6) is 0 Å². The fourth-order valence-corrected chi connectivity index (χ4v) is 1.84. The van der Waals surface area contributed by atoms with Gasteiger partial charge < -0.3 is 9.47 Å². The van der Waals surface area contributed by atoms with Crippen LogP contribution in [0.25, 0.3) is 0 Å². The van der Waals surface area contributed by atoms with E-state index < -0.39 is 11.9 Å². The van der Waals surface area contributed by atoms with Crippen LogP contribution in [0.15, 0.2) is 0 Å². The molecule has 0 aromatic carbocycles. The van der Waals surface area contributed by atoms with Gasteiger partial charge in [0.15, 0.2) is 0 Å². The number of hydrogen-bond donors (Lipinski definition) is 0. The molecule has 0 bridgehead atoms. The van der Waals surface area contributed by atoms with Crippen LogP contribution in [0.1, 0.15) is 39.5 Å². The summed E-state index contributed by atoms with van der Waals surface area (Å²) in [5.41, 5.74) is 0. The Morgan fingerprint density at radius 2 is 1.94 bits per heavy atom. The van der Waals surface area contributed by atoms with Gasteiger partial charge in [0.2, 0.25) is 0 Å². The molecular weight excluding hydrogens is 242 g/mol. The fraction of sp³-hybridized carbons (Fsp3) is 0.818. The number of cyclic esters (lactones) is 2. The van der Waals surface area contributed by atoms with Crippen LogP contribution >= 0.6 is 0 Å². The Kier molecular flexibility index (Phi) is 13.3. The Hall–Kier alpha value is 1.17.